The fourth-order valence-electron chi connectivity index (χ4n) is 7.44. The molecule has 0 radical (unpaired) electrons. The van der Waals surface area contributed by atoms with E-state index in [4.69, 9.17) is 20.2 Å². The molecule has 40 heavy (non-hydrogen) atoms. The average molecular weight is 577 g/mol. The zero-order chi connectivity index (χ0) is 27.8. The number of nitrogen functional groups attached to an aromatic ring is 1. The summed E-state index contributed by atoms with van der Waals surface area (Å²) in [4.78, 5) is 18.0. The van der Waals surface area contributed by atoms with Crippen LogP contribution in [0, 0.1) is 11.3 Å². The number of imidazole rings is 1. The molecule has 12 heteroatoms. The minimum Gasteiger partial charge on any atom is -0.389 e. The maximum Gasteiger partial charge on any atom is 0.185 e. The molecule has 0 amide bonds. The molecule has 4 aromatic heterocycles. The monoisotopic (exact) mass is 576 g/mol. The first kappa shape index (κ1) is 25.8. The van der Waals surface area contributed by atoms with E-state index in [2.05, 4.69) is 39.6 Å². The van der Waals surface area contributed by atoms with Crippen molar-refractivity contribution in [1.82, 2.24) is 29.6 Å². The van der Waals surface area contributed by atoms with Gasteiger partial charge in [0.05, 0.1) is 28.1 Å². The Hall–Kier alpha value is -3.14. The van der Waals surface area contributed by atoms with Gasteiger partial charge in [-0.1, -0.05) is 5.16 Å². The van der Waals surface area contributed by atoms with Crippen LogP contribution < -0.4 is 5.73 Å². The number of anilines is 1. The molecule has 10 nitrogen and oxygen atoms in total. The van der Waals surface area contributed by atoms with Crippen LogP contribution in [0.4, 0.5) is 5.00 Å². The SMILES string of the molecule is C[C@@H]([C@@H]1CCCN1C)n1cnc2c(S(C)=O)nc(-c3noc4c3CCC[C@@]43CCCc4sc(N)c(C#N)c43)nc21. The van der Waals surface area contributed by atoms with E-state index in [-0.39, 0.29) is 6.04 Å². The van der Waals surface area contributed by atoms with Crippen LogP contribution in [0.25, 0.3) is 22.7 Å². The van der Waals surface area contributed by atoms with Gasteiger partial charge in [-0.2, -0.15) is 5.26 Å². The van der Waals surface area contributed by atoms with Crippen molar-refractivity contribution in [2.45, 2.75) is 80.8 Å². The van der Waals surface area contributed by atoms with Gasteiger partial charge in [0.2, 0.25) is 0 Å². The summed E-state index contributed by atoms with van der Waals surface area (Å²) in [7, 11) is 0.788. The second kappa shape index (κ2) is 9.46. The number of rotatable bonds is 4. The van der Waals surface area contributed by atoms with E-state index >= 15 is 0 Å². The van der Waals surface area contributed by atoms with E-state index in [1.54, 1.807) is 12.6 Å². The first-order valence-electron chi connectivity index (χ1n) is 13.9. The number of nitriles is 1. The van der Waals surface area contributed by atoms with Gasteiger partial charge < -0.3 is 19.7 Å². The summed E-state index contributed by atoms with van der Waals surface area (Å²) in [6, 6.07) is 2.89. The van der Waals surface area contributed by atoms with E-state index in [0.29, 0.717) is 44.3 Å². The number of likely N-dealkylation sites (tertiary alicyclic amines) is 1. The molecule has 1 unspecified atom stereocenters. The van der Waals surface area contributed by atoms with E-state index < -0.39 is 16.2 Å². The first-order chi connectivity index (χ1) is 19.3. The van der Waals surface area contributed by atoms with Crippen molar-refractivity contribution < 1.29 is 8.73 Å². The van der Waals surface area contributed by atoms with E-state index in [1.807, 2.05) is 0 Å². The average Bonchev–Trinajstić information content (AvgIpc) is 3.72. The Labute approximate surface area is 239 Å². The summed E-state index contributed by atoms with van der Waals surface area (Å²) < 4.78 is 21.2. The molecule has 1 fully saturated rings. The van der Waals surface area contributed by atoms with Crippen molar-refractivity contribution in [3.05, 3.63) is 33.7 Å². The van der Waals surface area contributed by atoms with Gasteiger partial charge >= 0.3 is 0 Å². The summed E-state index contributed by atoms with van der Waals surface area (Å²) in [5.74, 6) is 1.22. The van der Waals surface area contributed by atoms with Crippen molar-refractivity contribution in [2.24, 2.45) is 0 Å². The number of aromatic nitrogens is 5. The highest BCUT2D eigenvalue weighted by atomic mass is 32.2. The highest BCUT2D eigenvalue weighted by Gasteiger charge is 2.49. The Morgan fingerprint density at radius 3 is 2.80 bits per heavy atom. The fraction of sp³-hybridized carbons (Fsp3) is 0.536. The van der Waals surface area contributed by atoms with Crippen molar-refractivity contribution in [3.8, 4) is 17.6 Å². The second-order valence-electron chi connectivity index (χ2n) is 11.4. The number of nitrogens with two attached hydrogens (primary N) is 1. The molecule has 4 atom stereocenters. The van der Waals surface area contributed by atoms with Crippen molar-refractivity contribution in [1.29, 1.82) is 5.26 Å². The smallest absolute Gasteiger partial charge is 0.185 e. The lowest BCUT2D eigenvalue weighted by atomic mass is 9.63. The van der Waals surface area contributed by atoms with Crippen LogP contribution in [0.5, 0.6) is 0 Å². The van der Waals surface area contributed by atoms with E-state index in [0.717, 1.165) is 68.4 Å². The van der Waals surface area contributed by atoms with Crippen LogP contribution in [-0.4, -0.2) is 59.7 Å². The molecule has 1 saturated heterocycles. The third kappa shape index (κ3) is 3.63. The summed E-state index contributed by atoms with van der Waals surface area (Å²) in [5.41, 5.74) is 10.3. The Kier molecular flexibility index (Phi) is 6.10. The summed E-state index contributed by atoms with van der Waals surface area (Å²) >= 11 is 1.53. The quantitative estimate of drug-likeness (QED) is 0.351. The van der Waals surface area contributed by atoms with Crippen LogP contribution in [0.15, 0.2) is 15.9 Å². The van der Waals surface area contributed by atoms with Crippen molar-refractivity contribution >= 4 is 38.3 Å². The molecule has 2 N–H and O–H groups in total. The third-order valence-electron chi connectivity index (χ3n) is 9.31. The lowest BCUT2D eigenvalue weighted by Crippen LogP contribution is -2.35. The highest BCUT2D eigenvalue weighted by Crippen LogP contribution is 2.55. The topological polar surface area (TPSA) is 140 Å². The Balaban J connectivity index is 1.39. The molecular weight excluding hydrogens is 544 g/mol. The third-order valence-corrected chi connectivity index (χ3v) is 11.2. The number of likely N-dealkylation sites (N-methyl/N-ethyl adjacent to an activating group) is 1. The normalized spacial score (nSPS) is 24.2. The molecule has 1 aliphatic heterocycles. The lowest BCUT2D eigenvalue weighted by molar-refractivity contribution is 0.242. The number of fused-ring (bicyclic) bond motifs is 5. The van der Waals surface area contributed by atoms with Crippen molar-refractivity contribution in [3.63, 3.8) is 0 Å². The first-order valence-corrected chi connectivity index (χ1v) is 16.3. The van der Waals surface area contributed by atoms with Gasteiger partial charge in [0.15, 0.2) is 28.0 Å². The summed E-state index contributed by atoms with van der Waals surface area (Å²) in [5, 5.41) is 15.6. The molecule has 0 bridgehead atoms. The Bertz CT molecular complexity index is 1710. The summed E-state index contributed by atoms with van der Waals surface area (Å²) in [6.07, 6.45) is 11.1. The number of hydrogen-bond donors (Lipinski definition) is 1. The minimum atomic E-state index is -1.37. The Morgan fingerprint density at radius 2 is 2.08 bits per heavy atom. The van der Waals surface area contributed by atoms with Gasteiger partial charge in [0.1, 0.15) is 16.6 Å². The predicted molar refractivity (Wildman–Crippen MR) is 154 cm³/mol. The minimum absolute atomic E-state index is 0.141. The molecule has 0 saturated carbocycles. The standard InChI is InChI=1S/C28H32N8O2S2/c1-15(18-8-6-12-35(18)2)36-14-31-22-26(36)32-25(33-27(22)40(3)37)21-16-7-4-10-28(23(16)38-34-21)11-5-9-19-20(28)17(13-29)24(30)39-19/h14-15,18H,4-12,30H2,1-3H3/t15-,18-,28-,40?/m0/s1. The van der Waals surface area contributed by atoms with E-state index in [1.165, 1.54) is 22.6 Å². The van der Waals surface area contributed by atoms with Crippen LogP contribution in [-0.2, 0) is 29.1 Å². The van der Waals surface area contributed by atoms with Gasteiger partial charge in [-0.05, 0) is 77.4 Å². The maximum absolute atomic E-state index is 12.9. The highest BCUT2D eigenvalue weighted by molar-refractivity contribution is 7.84. The van der Waals surface area contributed by atoms with Gasteiger partial charge in [0, 0.05) is 28.8 Å². The molecule has 2 aliphatic carbocycles. The van der Waals surface area contributed by atoms with Crippen LogP contribution in [0.3, 0.4) is 0 Å². The molecule has 208 valence electrons. The fourth-order valence-corrected chi connectivity index (χ4v) is 9.24. The van der Waals surface area contributed by atoms with Gasteiger partial charge in [-0.3, -0.25) is 4.21 Å². The number of aryl methyl sites for hydroxylation is 1. The zero-order valence-corrected chi connectivity index (χ0v) is 24.6. The molecule has 4 aromatic rings. The maximum atomic E-state index is 12.9. The van der Waals surface area contributed by atoms with Gasteiger partial charge in [0.25, 0.3) is 0 Å². The van der Waals surface area contributed by atoms with Gasteiger partial charge in [-0.15, -0.1) is 11.3 Å². The molecule has 3 aliphatic rings. The molecule has 1 spiro atoms. The predicted octanol–water partition coefficient (Wildman–Crippen LogP) is 4.35. The second-order valence-corrected chi connectivity index (χ2v) is 13.9. The molecular formula is C28H32N8O2S2. The zero-order valence-electron chi connectivity index (χ0n) is 22.9. The van der Waals surface area contributed by atoms with Crippen LogP contribution in [0.1, 0.15) is 78.8 Å². The molecule has 0 aromatic carbocycles. The molecule has 5 heterocycles. The van der Waals surface area contributed by atoms with Crippen LogP contribution in [0.2, 0.25) is 0 Å². The van der Waals surface area contributed by atoms with Gasteiger partial charge in [-0.25, -0.2) is 15.0 Å². The largest absolute Gasteiger partial charge is 0.389 e. The van der Waals surface area contributed by atoms with Crippen molar-refractivity contribution in [2.75, 3.05) is 25.6 Å². The number of hydrogen-bond acceptors (Lipinski definition) is 10. The molecule has 7 rings (SSSR count). The van der Waals surface area contributed by atoms with E-state index in [9.17, 15) is 9.47 Å². The summed E-state index contributed by atoms with van der Waals surface area (Å²) in [6.45, 7) is 3.27. The number of thiophene rings is 1. The number of nitrogens with zero attached hydrogens (tertiary/aromatic N) is 7. The van der Waals surface area contributed by atoms with Crippen LogP contribution >= 0.6 is 11.3 Å². The lowest BCUT2D eigenvalue weighted by Gasteiger charge is -2.39. The Morgan fingerprint density at radius 1 is 1.27 bits per heavy atom.